The number of benzene rings is 1. The molecule has 3 unspecified atom stereocenters. The molecule has 1 saturated heterocycles. The molecule has 1 aromatic rings. The Morgan fingerprint density at radius 1 is 1.36 bits per heavy atom. The number of nitrogens with one attached hydrogen (secondary N) is 2. The Balaban J connectivity index is 1.70. The van der Waals surface area contributed by atoms with Crippen molar-refractivity contribution in [2.45, 2.75) is 38.8 Å². The highest BCUT2D eigenvalue weighted by molar-refractivity contribution is 5.74. The number of hydrogen-bond acceptors (Lipinski definition) is 3. The van der Waals surface area contributed by atoms with Gasteiger partial charge >= 0.3 is 6.03 Å². The fourth-order valence-electron chi connectivity index (χ4n) is 2.92. The second-order valence-corrected chi connectivity index (χ2v) is 6.31. The molecule has 0 bridgehead atoms. The van der Waals surface area contributed by atoms with Crippen LogP contribution in [0.1, 0.15) is 26.7 Å². The average Bonchev–Trinajstić information content (AvgIpc) is 2.94. The zero-order valence-corrected chi connectivity index (χ0v) is 13.5. The van der Waals surface area contributed by atoms with Gasteiger partial charge < -0.3 is 20.6 Å². The molecular weight excluding hydrogens is 278 g/mol. The Morgan fingerprint density at radius 3 is 2.77 bits per heavy atom. The summed E-state index contributed by atoms with van der Waals surface area (Å²) < 4.78 is 0. The first-order valence-electron chi connectivity index (χ1n) is 8.07. The van der Waals surface area contributed by atoms with Crippen molar-refractivity contribution in [3.63, 3.8) is 0 Å². The monoisotopic (exact) mass is 305 g/mol. The van der Waals surface area contributed by atoms with E-state index < -0.39 is 0 Å². The fourth-order valence-corrected chi connectivity index (χ4v) is 2.92. The van der Waals surface area contributed by atoms with Gasteiger partial charge in [0, 0.05) is 31.4 Å². The van der Waals surface area contributed by atoms with Gasteiger partial charge in [-0.2, -0.15) is 0 Å². The predicted octanol–water partition coefficient (Wildman–Crippen LogP) is 1.97. The van der Waals surface area contributed by atoms with Crippen LogP contribution in [0.2, 0.25) is 0 Å². The number of urea groups is 1. The van der Waals surface area contributed by atoms with Crippen molar-refractivity contribution in [1.82, 2.24) is 10.6 Å². The summed E-state index contributed by atoms with van der Waals surface area (Å²) in [5, 5.41) is 15.2. The van der Waals surface area contributed by atoms with Crippen LogP contribution < -0.4 is 15.5 Å². The van der Waals surface area contributed by atoms with Crippen molar-refractivity contribution in [1.29, 1.82) is 0 Å². The molecule has 2 rings (SSSR count). The molecule has 1 aromatic carbocycles. The SMILES string of the molecule is CC(O)CC(C)CNC(=O)NC1CCN(c2ccccc2)C1. The summed E-state index contributed by atoms with van der Waals surface area (Å²) in [4.78, 5) is 14.2. The highest BCUT2D eigenvalue weighted by Gasteiger charge is 2.23. The summed E-state index contributed by atoms with van der Waals surface area (Å²) in [6.45, 7) is 6.20. The molecule has 5 heteroatoms. The van der Waals surface area contributed by atoms with Gasteiger partial charge in [-0.15, -0.1) is 0 Å². The lowest BCUT2D eigenvalue weighted by molar-refractivity contribution is 0.163. The van der Waals surface area contributed by atoms with E-state index in [1.54, 1.807) is 6.92 Å². The van der Waals surface area contributed by atoms with Crippen LogP contribution in [-0.2, 0) is 0 Å². The van der Waals surface area contributed by atoms with Crippen LogP contribution in [-0.4, -0.2) is 42.9 Å². The maximum Gasteiger partial charge on any atom is 0.315 e. The molecule has 0 saturated carbocycles. The van der Waals surface area contributed by atoms with E-state index in [-0.39, 0.29) is 24.1 Å². The van der Waals surface area contributed by atoms with Gasteiger partial charge in [0.25, 0.3) is 0 Å². The van der Waals surface area contributed by atoms with E-state index in [0.717, 1.165) is 19.5 Å². The predicted molar refractivity (Wildman–Crippen MR) is 89.1 cm³/mol. The van der Waals surface area contributed by atoms with Crippen LogP contribution >= 0.6 is 0 Å². The molecule has 0 aromatic heterocycles. The van der Waals surface area contributed by atoms with Crippen LogP contribution in [0.3, 0.4) is 0 Å². The lowest BCUT2D eigenvalue weighted by Crippen LogP contribution is -2.44. The topological polar surface area (TPSA) is 64.6 Å². The van der Waals surface area contributed by atoms with Crippen LogP contribution in [0.4, 0.5) is 10.5 Å². The van der Waals surface area contributed by atoms with E-state index in [1.807, 2.05) is 25.1 Å². The van der Waals surface area contributed by atoms with Crippen LogP contribution in [0.15, 0.2) is 30.3 Å². The van der Waals surface area contributed by atoms with E-state index in [4.69, 9.17) is 0 Å². The Kier molecular flexibility index (Phi) is 6.07. The molecule has 1 aliphatic rings. The molecule has 122 valence electrons. The number of rotatable bonds is 6. The normalized spacial score (nSPS) is 20.5. The van der Waals surface area contributed by atoms with Crippen LogP contribution in [0.5, 0.6) is 0 Å². The second kappa shape index (κ2) is 8.03. The Morgan fingerprint density at radius 2 is 2.09 bits per heavy atom. The largest absolute Gasteiger partial charge is 0.393 e. The number of aliphatic hydroxyl groups is 1. The first-order valence-corrected chi connectivity index (χ1v) is 8.07. The van der Waals surface area contributed by atoms with E-state index in [1.165, 1.54) is 5.69 Å². The minimum absolute atomic E-state index is 0.114. The van der Waals surface area contributed by atoms with E-state index in [0.29, 0.717) is 13.0 Å². The minimum Gasteiger partial charge on any atom is -0.393 e. The van der Waals surface area contributed by atoms with E-state index >= 15 is 0 Å². The Hall–Kier alpha value is -1.75. The maximum absolute atomic E-state index is 11.9. The highest BCUT2D eigenvalue weighted by atomic mass is 16.3. The maximum atomic E-state index is 11.9. The van der Waals surface area contributed by atoms with Gasteiger partial charge in [-0.25, -0.2) is 4.79 Å². The third kappa shape index (κ3) is 5.22. The zero-order valence-electron chi connectivity index (χ0n) is 13.5. The molecule has 0 aliphatic carbocycles. The van der Waals surface area contributed by atoms with Gasteiger partial charge in [0.2, 0.25) is 0 Å². The van der Waals surface area contributed by atoms with Crippen molar-refractivity contribution in [2.24, 2.45) is 5.92 Å². The summed E-state index contributed by atoms with van der Waals surface area (Å²) in [6, 6.07) is 10.3. The number of carbonyl (C=O) groups excluding carboxylic acids is 1. The van der Waals surface area contributed by atoms with Gasteiger partial charge in [0.15, 0.2) is 0 Å². The summed E-state index contributed by atoms with van der Waals surface area (Å²) in [6.07, 6.45) is 1.34. The van der Waals surface area contributed by atoms with Crippen molar-refractivity contribution in [2.75, 3.05) is 24.5 Å². The zero-order chi connectivity index (χ0) is 15.9. The molecule has 1 fully saturated rings. The van der Waals surface area contributed by atoms with Crippen molar-refractivity contribution in [3.8, 4) is 0 Å². The summed E-state index contributed by atoms with van der Waals surface area (Å²) in [5.74, 6) is 0.273. The number of carbonyl (C=O) groups is 1. The number of amides is 2. The molecule has 1 heterocycles. The molecule has 1 aliphatic heterocycles. The van der Waals surface area contributed by atoms with Gasteiger partial charge in [0.1, 0.15) is 0 Å². The Labute approximate surface area is 132 Å². The standard InChI is InChI=1S/C17H27N3O2/c1-13(10-14(2)21)11-18-17(22)19-15-8-9-20(12-15)16-6-4-3-5-7-16/h3-7,13-15,21H,8-12H2,1-2H3,(H2,18,19,22). The quantitative estimate of drug-likeness (QED) is 0.753. The summed E-state index contributed by atoms with van der Waals surface area (Å²) in [5.41, 5.74) is 1.21. The number of aliphatic hydroxyl groups excluding tert-OH is 1. The average molecular weight is 305 g/mol. The number of hydrogen-bond donors (Lipinski definition) is 3. The third-order valence-corrected chi connectivity index (χ3v) is 4.00. The molecule has 3 N–H and O–H groups in total. The molecule has 3 atom stereocenters. The van der Waals surface area contributed by atoms with Gasteiger partial charge in [-0.3, -0.25) is 0 Å². The molecule has 0 radical (unpaired) electrons. The first-order chi connectivity index (χ1) is 10.5. The van der Waals surface area contributed by atoms with Crippen molar-refractivity contribution in [3.05, 3.63) is 30.3 Å². The Bertz CT molecular complexity index is 464. The van der Waals surface area contributed by atoms with Crippen LogP contribution in [0, 0.1) is 5.92 Å². The molecule has 2 amide bonds. The molecule has 5 nitrogen and oxygen atoms in total. The molecule has 0 spiro atoms. The van der Waals surface area contributed by atoms with Gasteiger partial charge in [0.05, 0.1) is 6.10 Å². The highest BCUT2D eigenvalue weighted by Crippen LogP contribution is 2.19. The number of anilines is 1. The molecule has 22 heavy (non-hydrogen) atoms. The third-order valence-electron chi connectivity index (χ3n) is 4.00. The van der Waals surface area contributed by atoms with Gasteiger partial charge in [-0.05, 0) is 37.8 Å². The summed E-state index contributed by atoms with van der Waals surface area (Å²) in [7, 11) is 0. The van der Waals surface area contributed by atoms with Gasteiger partial charge in [-0.1, -0.05) is 25.1 Å². The van der Waals surface area contributed by atoms with Crippen molar-refractivity contribution < 1.29 is 9.90 Å². The number of para-hydroxylation sites is 1. The number of nitrogens with zero attached hydrogens (tertiary/aromatic N) is 1. The lowest BCUT2D eigenvalue weighted by Gasteiger charge is -2.19. The van der Waals surface area contributed by atoms with E-state index in [9.17, 15) is 9.90 Å². The smallest absolute Gasteiger partial charge is 0.315 e. The fraction of sp³-hybridized carbons (Fsp3) is 0.588. The minimum atomic E-state index is -0.325. The first kappa shape index (κ1) is 16.6. The second-order valence-electron chi connectivity index (χ2n) is 6.31. The summed E-state index contributed by atoms with van der Waals surface area (Å²) >= 11 is 0. The van der Waals surface area contributed by atoms with Crippen molar-refractivity contribution >= 4 is 11.7 Å². The van der Waals surface area contributed by atoms with E-state index in [2.05, 4.69) is 27.7 Å². The molecular formula is C17H27N3O2. The lowest BCUT2D eigenvalue weighted by atomic mass is 10.1. The van der Waals surface area contributed by atoms with Crippen LogP contribution in [0.25, 0.3) is 0 Å².